The van der Waals surface area contributed by atoms with Gasteiger partial charge in [0.25, 0.3) is 0 Å². The molecule has 6 heteroatoms. The Morgan fingerprint density at radius 2 is 2.00 bits per heavy atom. The third kappa shape index (κ3) is 2.80. The highest BCUT2D eigenvalue weighted by molar-refractivity contribution is 7.15. The molecular weight excluding hydrogens is 318 g/mol. The van der Waals surface area contributed by atoms with Crippen molar-refractivity contribution in [2.24, 2.45) is 0 Å². The van der Waals surface area contributed by atoms with Crippen LogP contribution in [0.2, 0.25) is 0 Å². The van der Waals surface area contributed by atoms with E-state index in [1.54, 1.807) is 11.3 Å². The molecule has 0 aliphatic rings. The molecule has 0 radical (unpaired) electrons. The second-order valence-corrected chi connectivity index (χ2v) is 6.74. The zero-order valence-electron chi connectivity index (χ0n) is 13.7. The first-order valence-electron chi connectivity index (χ1n) is 7.93. The Hall–Kier alpha value is -2.60. The summed E-state index contributed by atoms with van der Waals surface area (Å²) < 4.78 is 4.17. The highest BCUT2D eigenvalue weighted by Crippen LogP contribution is 2.21. The van der Waals surface area contributed by atoms with E-state index >= 15 is 0 Å². The van der Waals surface area contributed by atoms with Gasteiger partial charge in [-0.15, -0.1) is 11.3 Å². The number of aromatic nitrogens is 4. The van der Waals surface area contributed by atoms with Crippen molar-refractivity contribution in [1.82, 2.24) is 19.2 Å². The molecule has 4 aromatic rings. The average molecular weight is 337 g/mol. The largest absolute Gasteiger partial charge is 0.377 e. The summed E-state index contributed by atoms with van der Waals surface area (Å²) in [6, 6.07) is 10.4. The van der Waals surface area contributed by atoms with Crippen molar-refractivity contribution in [3.8, 4) is 0 Å². The van der Waals surface area contributed by atoms with Crippen LogP contribution in [0, 0.1) is 13.8 Å². The molecule has 0 saturated heterocycles. The van der Waals surface area contributed by atoms with Gasteiger partial charge < -0.3 is 5.32 Å². The molecule has 1 aromatic carbocycles. The minimum Gasteiger partial charge on any atom is -0.377 e. The number of hydrogen-bond acceptors (Lipinski definition) is 4. The fourth-order valence-electron chi connectivity index (χ4n) is 2.87. The SMILES string of the molecule is Cc1nc2scc(C)n2c1CNc1cnn(Cc2ccccc2)c1. The lowest BCUT2D eigenvalue weighted by molar-refractivity contribution is 0.687. The van der Waals surface area contributed by atoms with E-state index in [0.29, 0.717) is 0 Å². The van der Waals surface area contributed by atoms with Gasteiger partial charge >= 0.3 is 0 Å². The Bertz CT molecular complexity index is 964. The molecule has 0 bridgehead atoms. The number of thiazole rings is 1. The Labute approximate surface area is 144 Å². The van der Waals surface area contributed by atoms with E-state index in [0.717, 1.165) is 29.4 Å². The van der Waals surface area contributed by atoms with Crippen LogP contribution in [0.15, 0.2) is 48.1 Å². The number of fused-ring (bicyclic) bond motifs is 1. The highest BCUT2D eigenvalue weighted by atomic mass is 32.1. The van der Waals surface area contributed by atoms with Crippen molar-refractivity contribution >= 4 is 22.0 Å². The van der Waals surface area contributed by atoms with Crippen molar-refractivity contribution in [2.45, 2.75) is 26.9 Å². The van der Waals surface area contributed by atoms with Crippen LogP contribution < -0.4 is 5.32 Å². The standard InChI is InChI=1S/C18H19N5S/c1-13-12-24-18-21-14(2)17(23(13)18)9-19-16-8-20-22(11-16)10-15-6-4-3-5-7-15/h3-8,11-12,19H,9-10H2,1-2H3. The fraction of sp³-hybridized carbons (Fsp3) is 0.222. The molecule has 0 atom stereocenters. The van der Waals surface area contributed by atoms with Crippen molar-refractivity contribution in [3.63, 3.8) is 0 Å². The molecule has 0 saturated carbocycles. The van der Waals surface area contributed by atoms with E-state index in [-0.39, 0.29) is 0 Å². The number of nitrogens with one attached hydrogen (secondary N) is 1. The molecule has 122 valence electrons. The highest BCUT2D eigenvalue weighted by Gasteiger charge is 2.12. The second kappa shape index (κ2) is 6.13. The van der Waals surface area contributed by atoms with Crippen LogP contribution >= 0.6 is 11.3 Å². The quantitative estimate of drug-likeness (QED) is 0.601. The Balaban J connectivity index is 1.48. The number of hydrogen-bond donors (Lipinski definition) is 1. The molecule has 0 aliphatic heterocycles. The van der Waals surface area contributed by atoms with Crippen molar-refractivity contribution < 1.29 is 0 Å². The summed E-state index contributed by atoms with van der Waals surface area (Å²) in [5.41, 5.74) is 5.78. The van der Waals surface area contributed by atoms with Gasteiger partial charge in [-0.3, -0.25) is 9.08 Å². The summed E-state index contributed by atoms with van der Waals surface area (Å²) in [4.78, 5) is 5.68. The lowest BCUT2D eigenvalue weighted by atomic mass is 10.2. The molecule has 4 rings (SSSR count). The molecular formula is C18H19N5S. The van der Waals surface area contributed by atoms with Crippen LogP contribution in [0.3, 0.4) is 0 Å². The summed E-state index contributed by atoms with van der Waals surface area (Å²) in [6.45, 7) is 5.70. The zero-order chi connectivity index (χ0) is 16.5. The molecule has 0 amide bonds. The summed E-state index contributed by atoms with van der Waals surface area (Å²) in [5, 5.41) is 10.0. The molecule has 3 aromatic heterocycles. The van der Waals surface area contributed by atoms with Gasteiger partial charge in [0.15, 0.2) is 4.96 Å². The molecule has 0 unspecified atom stereocenters. The van der Waals surface area contributed by atoms with Crippen molar-refractivity contribution in [3.05, 3.63) is 70.8 Å². The average Bonchev–Trinajstić information content (AvgIpc) is 3.25. The first kappa shape index (κ1) is 15.0. The minimum absolute atomic E-state index is 0.738. The van der Waals surface area contributed by atoms with E-state index in [1.807, 2.05) is 23.1 Å². The van der Waals surface area contributed by atoms with E-state index in [1.165, 1.54) is 17.0 Å². The predicted molar refractivity (Wildman–Crippen MR) is 97.6 cm³/mol. The number of anilines is 1. The molecule has 1 N–H and O–H groups in total. The van der Waals surface area contributed by atoms with E-state index in [4.69, 9.17) is 0 Å². The number of aryl methyl sites for hydroxylation is 2. The van der Waals surface area contributed by atoms with Crippen LogP contribution in [0.25, 0.3) is 4.96 Å². The monoisotopic (exact) mass is 337 g/mol. The lowest BCUT2D eigenvalue weighted by Crippen LogP contribution is -2.04. The van der Waals surface area contributed by atoms with Gasteiger partial charge in [0.2, 0.25) is 0 Å². The topological polar surface area (TPSA) is 47.1 Å². The maximum Gasteiger partial charge on any atom is 0.194 e. The fourth-order valence-corrected chi connectivity index (χ4v) is 3.80. The summed E-state index contributed by atoms with van der Waals surface area (Å²) >= 11 is 1.68. The van der Waals surface area contributed by atoms with Crippen molar-refractivity contribution in [2.75, 3.05) is 5.32 Å². The first-order valence-corrected chi connectivity index (χ1v) is 8.81. The molecule has 3 heterocycles. The molecule has 0 spiro atoms. The van der Waals surface area contributed by atoms with Crippen molar-refractivity contribution in [1.29, 1.82) is 0 Å². The third-order valence-electron chi connectivity index (χ3n) is 4.11. The zero-order valence-corrected chi connectivity index (χ0v) is 14.5. The third-order valence-corrected chi connectivity index (χ3v) is 5.05. The molecule has 5 nitrogen and oxygen atoms in total. The van der Waals surface area contributed by atoms with Gasteiger partial charge in [0.1, 0.15) is 0 Å². The van der Waals surface area contributed by atoms with Crippen LogP contribution in [0.1, 0.15) is 22.6 Å². The normalized spacial score (nSPS) is 11.2. The Kier molecular flexibility index (Phi) is 3.82. The van der Waals surface area contributed by atoms with Gasteiger partial charge in [0, 0.05) is 17.3 Å². The van der Waals surface area contributed by atoms with E-state index in [2.05, 4.69) is 63.3 Å². The van der Waals surface area contributed by atoms with Gasteiger partial charge in [-0.25, -0.2) is 4.98 Å². The van der Waals surface area contributed by atoms with Crippen LogP contribution in [0.5, 0.6) is 0 Å². The smallest absolute Gasteiger partial charge is 0.194 e. The van der Waals surface area contributed by atoms with E-state index in [9.17, 15) is 0 Å². The van der Waals surface area contributed by atoms with Gasteiger partial charge in [-0.2, -0.15) is 5.10 Å². The number of rotatable bonds is 5. The van der Waals surface area contributed by atoms with Gasteiger partial charge in [-0.1, -0.05) is 30.3 Å². The summed E-state index contributed by atoms with van der Waals surface area (Å²) in [7, 11) is 0. The Morgan fingerprint density at radius 1 is 1.17 bits per heavy atom. The minimum atomic E-state index is 0.738. The Morgan fingerprint density at radius 3 is 2.83 bits per heavy atom. The number of benzene rings is 1. The first-order chi connectivity index (χ1) is 11.7. The molecule has 24 heavy (non-hydrogen) atoms. The van der Waals surface area contributed by atoms with Gasteiger partial charge in [0.05, 0.1) is 36.4 Å². The maximum absolute atomic E-state index is 4.63. The van der Waals surface area contributed by atoms with Crippen LogP contribution in [-0.4, -0.2) is 19.2 Å². The van der Waals surface area contributed by atoms with E-state index < -0.39 is 0 Å². The summed E-state index contributed by atoms with van der Waals surface area (Å²) in [6.07, 6.45) is 3.91. The van der Waals surface area contributed by atoms with Crippen LogP contribution in [-0.2, 0) is 13.1 Å². The lowest BCUT2D eigenvalue weighted by Gasteiger charge is -2.05. The maximum atomic E-state index is 4.63. The predicted octanol–water partition coefficient (Wildman–Crippen LogP) is 3.87. The molecule has 0 aliphatic carbocycles. The summed E-state index contributed by atoms with van der Waals surface area (Å²) in [5.74, 6) is 0. The van der Waals surface area contributed by atoms with Crippen LogP contribution in [0.4, 0.5) is 5.69 Å². The molecule has 0 fully saturated rings. The number of nitrogens with zero attached hydrogens (tertiary/aromatic N) is 4. The number of imidazole rings is 1. The second-order valence-electron chi connectivity index (χ2n) is 5.90. The van der Waals surface area contributed by atoms with Gasteiger partial charge in [-0.05, 0) is 19.4 Å².